The van der Waals surface area contributed by atoms with Gasteiger partial charge in [0.05, 0.1) is 4.36 Å². The molecule has 0 heterocycles. The van der Waals surface area contributed by atoms with E-state index in [0.717, 1.165) is 0 Å². The molecule has 0 bridgehead atoms. The van der Waals surface area contributed by atoms with Gasteiger partial charge in [-0.05, 0) is 0 Å². The van der Waals surface area contributed by atoms with E-state index in [-0.39, 0.29) is 0 Å². The molecule has 0 saturated heterocycles. The molecule has 0 N–H and O–H groups in total. The zero-order valence-electron chi connectivity index (χ0n) is 4.12. The van der Waals surface area contributed by atoms with Crippen molar-refractivity contribution in [3.05, 3.63) is 0 Å². The maximum absolute atomic E-state index is 11.0. The van der Waals surface area contributed by atoms with Gasteiger partial charge in [0.1, 0.15) is 0 Å². The average molecular weight is 184 g/mol. The SMILES string of the molecule is FC(F)(F)N=[S+]C(F)(F)F. The predicted molar refractivity (Wildman–Crippen MR) is 21.9 cm³/mol. The third kappa shape index (κ3) is 7.60. The van der Waals surface area contributed by atoms with Crippen molar-refractivity contribution >= 4 is 11.6 Å². The van der Waals surface area contributed by atoms with Crippen LogP contribution in [0.1, 0.15) is 0 Å². The van der Waals surface area contributed by atoms with Gasteiger partial charge >= 0.3 is 23.4 Å². The summed E-state index contributed by atoms with van der Waals surface area (Å²) in [6.07, 6.45) is -5.12. The van der Waals surface area contributed by atoms with Crippen LogP contribution in [0, 0.1) is 0 Å². The summed E-state index contributed by atoms with van der Waals surface area (Å²) in [5, 5.41) is 0. The van der Waals surface area contributed by atoms with Crippen LogP contribution in [0.5, 0.6) is 0 Å². The van der Waals surface area contributed by atoms with E-state index in [0.29, 0.717) is 0 Å². The van der Waals surface area contributed by atoms with E-state index in [1.807, 2.05) is 0 Å². The van der Waals surface area contributed by atoms with Crippen LogP contribution in [-0.4, -0.2) is 11.8 Å². The summed E-state index contributed by atoms with van der Waals surface area (Å²) in [5.41, 5.74) is -4.96. The molecule has 0 aromatic rings. The first-order valence-corrected chi connectivity index (χ1v) is 2.52. The van der Waals surface area contributed by atoms with E-state index in [1.165, 1.54) is 4.36 Å². The smallest absolute Gasteiger partial charge is 0.145 e. The lowest BCUT2D eigenvalue weighted by atomic mass is 11.3. The largest absolute Gasteiger partial charge is 0.674 e. The molecule has 10 heavy (non-hydrogen) atoms. The second-order valence-corrected chi connectivity index (χ2v) is 1.92. The summed E-state index contributed by atoms with van der Waals surface area (Å²) in [6.45, 7) is 0. The van der Waals surface area contributed by atoms with Crippen molar-refractivity contribution in [1.82, 2.24) is 0 Å². The van der Waals surface area contributed by atoms with E-state index < -0.39 is 23.4 Å². The van der Waals surface area contributed by atoms with Gasteiger partial charge in [0.25, 0.3) is 0 Å². The lowest BCUT2D eigenvalue weighted by Gasteiger charge is -1.86. The number of halogens is 6. The average Bonchev–Trinajstić information content (AvgIpc) is 1.57. The Bertz CT molecular complexity index is 116. The lowest BCUT2D eigenvalue weighted by Crippen LogP contribution is -2.08. The second-order valence-electron chi connectivity index (χ2n) is 1.10. The van der Waals surface area contributed by atoms with E-state index in [4.69, 9.17) is 0 Å². The molecule has 0 fully saturated rings. The highest BCUT2D eigenvalue weighted by atomic mass is 32.1. The van der Waals surface area contributed by atoms with Crippen molar-refractivity contribution < 1.29 is 26.3 Å². The topological polar surface area (TPSA) is 12.4 Å². The van der Waals surface area contributed by atoms with Crippen molar-refractivity contribution in [1.29, 1.82) is 0 Å². The molecule has 0 aliphatic heterocycles. The number of rotatable bonds is 0. The van der Waals surface area contributed by atoms with Gasteiger partial charge in [0.15, 0.2) is 0 Å². The minimum absolute atomic E-state index is 1.32. The predicted octanol–water partition coefficient (Wildman–Crippen LogP) is 2.29. The van der Waals surface area contributed by atoms with Crippen molar-refractivity contribution in [2.45, 2.75) is 11.8 Å². The Morgan fingerprint density at radius 2 is 1.30 bits per heavy atom. The highest BCUT2D eigenvalue weighted by Gasteiger charge is 2.48. The molecular weight excluding hydrogens is 184 g/mol. The highest BCUT2D eigenvalue weighted by Crippen LogP contribution is 2.20. The quantitative estimate of drug-likeness (QED) is 0.311. The summed E-state index contributed by atoms with van der Waals surface area (Å²) in [6, 6.07) is 0. The van der Waals surface area contributed by atoms with Gasteiger partial charge in [-0.2, -0.15) is 0 Å². The zero-order valence-corrected chi connectivity index (χ0v) is 4.94. The van der Waals surface area contributed by atoms with Crippen LogP contribution in [0.3, 0.4) is 0 Å². The van der Waals surface area contributed by atoms with Crippen LogP contribution in [-0.2, 0) is 11.6 Å². The molecule has 0 atom stereocenters. The molecule has 0 aromatic carbocycles. The molecule has 0 spiro atoms. The van der Waals surface area contributed by atoms with E-state index >= 15 is 0 Å². The van der Waals surface area contributed by atoms with Crippen LogP contribution < -0.4 is 0 Å². The summed E-state index contributed by atoms with van der Waals surface area (Å²) < 4.78 is 66.9. The van der Waals surface area contributed by atoms with Crippen LogP contribution in [0.2, 0.25) is 0 Å². The molecule has 0 aliphatic carbocycles. The molecule has 0 rings (SSSR count). The Balaban J connectivity index is 4.01. The van der Waals surface area contributed by atoms with Crippen molar-refractivity contribution in [3.8, 4) is 0 Å². The first kappa shape index (κ1) is 9.60. The van der Waals surface area contributed by atoms with Gasteiger partial charge in [0.2, 0.25) is 0 Å². The van der Waals surface area contributed by atoms with Gasteiger partial charge in [-0.25, -0.2) is 0 Å². The second kappa shape index (κ2) is 2.69. The van der Waals surface area contributed by atoms with Gasteiger partial charge < -0.3 is 0 Å². The fraction of sp³-hybridized carbons (Fsp3) is 1.00. The molecule has 0 aromatic heterocycles. The molecule has 0 saturated carbocycles. The Labute approximate surface area is 55.2 Å². The lowest BCUT2D eigenvalue weighted by molar-refractivity contribution is -0.119. The number of nitrogens with zero attached hydrogens (tertiary/aromatic N) is 1. The number of hydrogen-bond acceptors (Lipinski definition) is 1. The monoisotopic (exact) mass is 184 g/mol. The number of hydrogen-bond donors (Lipinski definition) is 0. The van der Waals surface area contributed by atoms with E-state index in [2.05, 4.69) is 0 Å². The fourth-order valence-corrected chi connectivity index (χ4v) is 0.311. The maximum atomic E-state index is 11.0. The highest BCUT2D eigenvalue weighted by molar-refractivity contribution is 7.69. The minimum atomic E-state index is -5.12. The summed E-state index contributed by atoms with van der Waals surface area (Å²) in [5.74, 6) is 0. The van der Waals surface area contributed by atoms with Crippen molar-refractivity contribution in [2.24, 2.45) is 4.36 Å². The van der Waals surface area contributed by atoms with Crippen LogP contribution >= 0.6 is 0 Å². The van der Waals surface area contributed by atoms with Gasteiger partial charge in [-0.15, -0.1) is 26.3 Å². The molecule has 60 valence electrons. The Morgan fingerprint density at radius 3 is 1.40 bits per heavy atom. The van der Waals surface area contributed by atoms with Gasteiger partial charge in [-0.1, -0.05) is 0 Å². The normalized spacial score (nSPS) is 14.6. The van der Waals surface area contributed by atoms with Crippen LogP contribution in [0.25, 0.3) is 0 Å². The third-order valence-electron chi connectivity index (χ3n) is 0.253. The Kier molecular flexibility index (Phi) is 2.58. The summed E-state index contributed by atoms with van der Waals surface area (Å²) >= 11 is -1.46. The minimum Gasteiger partial charge on any atom is -0.145 e. The van der Waals surface area contributed by atoms with Gasteiger partial charge in [0, 0.05) is 0 Å². The first-order valence-electron chi connectivity index (χ1n) is 1.74. The third-order valence-corrected chi connectivity index (χ3v) is 0.758. The standard InChI is InChI=1S/C2F6NS/c3-1(4,5)9-10-2(6,7)8/q+1. The number of alkyl halides is 6. The Hall–Kier alpha value is -0.400. The van der Waals surface area contributed by atoms with Crippen LogP contribution in [0.15, 0.2) is 4.36 Å². The molecule has 0 amide bonds. The summed E-state index contributed by atoms with van der Waals surface area (Å²) in [4.78, 5) is 0. The molecule has 0 radical (unpaired) electrons. The summed E-state index contributed by atoms with van der Waals surface area (Å²) in [7, 11) is 0. The molecular formula is C2F6NS+. The maximum Gasteiger partial charge on any atom is 0.674 e. The molecule has 0 unspecified atom stereocenters. The van der Waals surface area contributed by atoms with Crippen molar-refractivity contribution in [2.75, 3.05) is 0 Å². The molecule has 0 aliphatic rings. The Morgan fingerprint density at radius 1 is 0.900 bits per heavy atom. The van der Waals surface area contributed by atoms with E-state index in [1.54, 1.807) is 0 Å². The van der Waals surface area contributed by atoms with Gasteiger partial charge in [-0.3, -0.25) is 0 Å². The van der Waals surface area contributed by atoms with Crippen molar-refractivity contribution in [3.63, 3.8) is 0 Å². The zero-order chi connectivity index (χ0) is 8.41. The first-order chi connectivity index (χ1) is 4.21. The fourth-order valence-electron chi connectivity index (χ4n) is 0.104. The molecule has 8 heteroatoms. The molecule has 1 nitrogen and oxygen atoms in total. The van der Waals surface area contributed by atoms with E-state index in [9.17, 15) is 26.3 Å². The van der Waals surface area contributed by atoms with Crippen LogP contribution in [0.4, 0.5) is 26.3 Å².